The fourth-order valence-electron chi connectivity index (χ4n) is 8.15. The van der Waals surface area contributed by atoms with Crippen molar-refractivity contribution in [1.29, 1.82) is 0 Å². The van der Waals surface area contributed by atoms with Crippen molar-refractivity contribution < 1.29 is 43.5 Å². The molecule has 2 saturated heterocycles. The summed E-state index contributed by atoms with van der Waals surface area (Å²) in [7, 11) is 5.27. The smallest absolute Gasteiger partial charge is 0.316 e. The second kappa shape index (κ2) is 18.0. The third-order valence-corrected chi connectivity index (χ3v) is 11.4. The number of hydrogen-bond acceptors (Lipinski definition) is 11. The molecule has 284 valence electrons. The predicted molar refractivity (Wildman–Crippen MR) is 191 cm³/mol. The molecule has 11 nitrogen and oxygen atoms in total. The molecule has 3 N–H and O–H groups in total. The average molecular weight is 705 g/mol. The average Bonchev–Trinajstić information content (AvgIpc) is 3.08. The van der Waals surface area contributed by atoms with Gasteiger partial charge in [0.2, 0.25) is 0 Å². The molecule has 0 amide bonds. The van der Waals surface area contributed by atoms with E-state index in [-0.39, 0.29) is 30.8 Å². The van der Waals surface area contributed by atoms with E-state index >= 15 is 0 Å². The zero-order chi connectivity index (χ0) is 37.6. The van der Waals surface area contributed by atoms with Gasteiger partial charge in [-0.1, -0.05) is 58.0 Å². The molecule has 1 aromatic carbocycles. The molecule has 3 rings (SSSR count). The van der Waals surface area contributed by atoms with Crippen LogP contribution in [0.2, 0.25) is 0 Å². The molecule has 1 aromatic rings. The van der Waals surface area contributed by atoms with Crippen LogP contribution in [-0.2, 0) is 39.9 Å². The van der Waals surface area contributed by atoms with E-state index in [0.717, 1.165) is 5.56 Å². The van der Waals surface area contributed by atoms with Gasteiger partial charge < -0.3 is 39.4 Å². The Kier molecular flexibility index (Phi) is 15.2. The van der Waals surface area contributed by atoms with Crippen molar-refractivity contribution in [2.45, 2.75) is 136 Å². The molecule has 0 aromatic heterocycles. The fraction of sp³-hybridized carbons (Fsp3) is 0.769. The molecule has 2 aliphatic rings. The lowest BCUT2D eigenvalue weighted by atomic mass is 9.69. The number of cyclic esters (lactones) is 1. The third kappa shape index (κ3) is 9.79. The third-order valence-electron chi connectivity index (χ3n) is 11.4. The number of carbonyl (C=O) groups excluding carboxylic acids is 3. The number of Topliss-reactive ketones (excluding diaryl/α,β-unsaturated/α-hetero) is 2. The summed E-state index contributed by atoms with van der Waals surface area (Å²) in [5.41, 5.74) is -1.67. The lowest BCUT2D eigenvalue weighted by Gasteiger charge is -2.47. The summed E-state index contributed by atoms with van der Waals surface area (Å²) in [6, 6.07) is 9.71. The van der Waals surface area contributed by atoms with Crippen molar-refractivity contribution in [3.8, 4) is 0 Å². The maximum atomic E-state index is 14.4. The number of rotatable bonds is 10. The second-order valence-corrected chi connectivity index (χ2v) is 15.5. The zero-order valence-corrected chi connectivity index (χ0v) is 32.2. The van der Waals surface area contributed by atoms with E-state index in [2.05, 4.69) is 5.32 Å². The SMILES string of the molecule is CC[C@H]1OC(=O)C(C)C(=O)[C@H](C)[C@@H](O[C@@H]2O[C@H](C)C[C@H](N(C)C)[C@H]2O)[C@](C)(OC)C[C@@H](C)C(=O)C(C)[C@@H](CCNCc2ccccc2)[C@]1(C)O. The molecule has 0 radical (unpaired) electrons. The molecule has 0 spiro atoms. The summed E-state index contributed by atoms with van der Waals surface area (Å²) in [5, 5.41) is 27.0. The summed E-state index contributed by atoms with van der Waals surface area (Å²) in [5.74, 6) is -5.13. The van der Waals surface area contributed by atoms with E-state index in [1.54, 1.807) is 20.8 Å². The van der Waals surface area contributed by atoms with Crippen LogP contribution in [0.15, 0.2) is 30.3 Å². The molecular formula is C39H64N2O9. The molecule has 2 fully saturated rings. The highest BCUT2D eigenvalue weighted by Gasteiger charge is 2.52. The van der Waals surface area contributed by atoms with Gasteiger partial charge in [-0.05, 0) is 79.6 Å². The highest BCUT2D eigenvalue weighted by atomic mass is 16.7. The number of nitrogens with zero attached hydrogens (tertiary/aromatic N) is 1. The Balaban J connectivity index is 2.02. The van der Waals surface area contributed by atoms with Crippen LogP contribution >= 0.6 is 0 Å². The second-order valence-electron chi connectivity index (χ2n) is 15.5. The van der Waals surface area contributed by atoms with Gasteiger partial charge in [-0.15, -0.1) is 0 Å². The molecule has 2 heterocycles. The highest BCUT2D eigenvalue weighted by molar-refractivity contribution is 6.00. The number of esters is 1. The van der Waals surface area contributed by atoms with Crippen molar-refractivity contribution in [2.24, 2.45) is 29.6 Å². The number of nitrogens with one attached hydrogen (secondary N) is 1. The molecule has 2 aliphatic heterocycles. The zero-order valence-electron chi connectivity index (χ0n) is 32.2. The van der Waals surface area contributed by atoms with Gasteiger partial charge in [-0.25, -0.2) is 0 Å². The highest BCUT2D eigenvalue weighted by Crippen LogP contribution is 2.40. The summed E-state index contributed by atoms with van der Waals surface area (Å²) < 4.78 is 24.8. The van der Waals surface area contributed by atoms with E-state index in [1.807, 2.05) is 77.0 Å². The molecule has 0 aliphatic carbocycles. The Morgan fingerprint density at radius 2 is 1.64 bits per heavy atom. The number of benzene rings is 1. The first-order valence-corrected chi connectivity index (χ1v) is 18.3. The topological polar surface area (TPSA) is 144 Å². The van der Waals surface area contributed by atoms with Gasteiger partial charge in [0, 0.05) is 43.4 Å². The minimum absolute atomic E-state index is 0.0822. The number of methoxy groups -OCH3 is 1. The van der Waals surface area contributed by atoms with Crippen LogP contribution in [0.4, 0.5) is 0 Å². The summed E-state index contributed by atoms with van der Waals surface area (Å²) in [6.07, 6.45) is -2.80. The van der Waals surface area contributed by atoms with Gasteiger partial charge in [0.1, 0.15) is 29.5 Å². The number of ether oxygens (including phenoxy) is 4. The Labute approximate surface area is 299 Å². The lowest BCUT2D eigenvalue weighted by Crippen LogP contribution is -2.59. The first-order chi connectivity index (χ1) is 23.4. The number of ketones is 2. The Hall–Kier alpha value is -2.25. The van der Waals surface area contributed by atoms with Crippen LogP contribution in [0.25, 0.3) is 0 Å². The largest absolute Gasteiger partial charge is 0.459 e. The first kappa shape index (κ1) is 42.2. The standard InChI is InChI=1S/C39H64N2O9/c1-12-31-39(8,46)29(18-19-40-22-28-16-14-13-15-17-28)25(4)32(42)23(2)21-38(7,47-11)35(26(5)33(43)27(6)36(45)49-31)50-37-34(44)30(41(9)10)20-24(3)48-37/h13-17,23-27,29-31,34-35,37,40,44,46H,12,18-22H2,1-11H3/t23-,24-,25?,26+,27?,29-,30+,31-,34-,35-,37+,38-,39+/m1/s1. The van der Waals surface area contributed by atoms with Gasteiger partial charge in [0.05, 0.1) is 17.8 Å². The van der Waals surface area contributed by atoms with Crippen LogP contribution in [0, 0.1) is 29.6 Å². The summed E-state index contributed by atoms with van der Waals surface area (Å²) >= 11 is 0. The van der Waals surface area contributed by atoms with E-state index < -0.39 is 77.1 Å². The molecule has 2 unspecified atom stereocenters. The molecular weight excluding hydrogens is 640 g/mol. The Bertz CT molecular complexity index is 1260. The van der Waals surface area contributed by atoms with Crippen molar-refractivity contribution >= 4 is 17.5 Å². The fourth-order valence-corrected chi connectivity index (χ4v) is 8.15. The van der Waals surface area contributed by atoms with Gasteiger partial charge in [0.25, 0.3) is 0 Å². The Morgan fingerprint density at radius 1 is 1.00 bits per heavy atom. The van der Waals surface area contributed by atoms with Gasteiger partial charge in [-0.3, -0.25) is 14.4 Å². The predicted octanol–water partition coefficient (Wildman–Crippen LogP) is 4.16. The molecule has 50 heavy (non-hydrogen) atoms. The van der Waals surface area contributed by atoms with Crippen molar-refractivity contribution in [3.05, 3.63) is 35.9 Å². The van der Waals surface area contributed by atoms with Crippen molar-refractivity contribution in [2.75, 3.05) is 27.7 Å². The quantitative estimate of drug-likeness (QED) is 0.184. The minimum atomic E-state index is -1.57. The summed E-state index contributed by atoms with van der Waals surface area (Å²) in [6.45, 7) is 15.1. The number of aliphatic hydroxyl groups is 2. The monoisotopic (exact) mass is 704 g/mol. The van der Waals surface area contributed by atoms with E-state index in [1.165, 1.54) is 14.0 Å². The maximum absolute atomic E-state index is 14.4. The van der Waals surface area contributed by atoms with Crippen molar-refractivity contribution in [1.82, 2.24) is 10.2 Å². The lowest BCUT2D eigenvalue weighted by molar-refractivity contribution is -0.295. The van der Waals surface area contributed by atoms with Gasteiger partial charge in [0.15, 0.2) is 12.1 Å². The maximum Gasteiger partial charge on any atom is 0.316 e. The van der Waals surface area contributed by atoms with Crippen LogP contribution in [0.3, 0.4) is 0 Å². The van der Waals surface area contributed by atoms with E-state index in [4.69, 9.17) is 18.9 Å². The van der Waals surface area contributed by atoms with Crippen LogP contribution in [0.1, 0.15) is 86.6 Å². The van der Waals surface area contributed by atoms with Gasteiger partial charge >= 0.3 is 5.97 Å². The summed E-state index contributed by atoms with van der Waals surface area (Å²) in [4.78, 5) is 44.1. The van der Waals surface area contributed by atoms with Gasteiger partial charge in [-0.2, -0.15) is 0 Å². The Morgan fingerprint density at radius 3 is 2.22 bits per heavy atom. The van der Waals surface area contributed by atoms with E-state index in [0.29, 0.717) is 25.9 Å². The van der Waals surface area contributed by atoms with Crippen LogP contribution < -0.4 is 5.32 Å². The molecule has 0 saturated carbocycles. The number of hydrogen-bond donors (Lipinski definition) is 3. The minimum Gasteiger partial charge on any atom is -0.459 e. The van der Waals surface area contributed by atoms with E-state index in [9.17, 15) is 24.6 Å². The van der Waals surface area contributed by atoms with Crippen molar-refractivity contribution in [3.63, 3.8) is 0 Å². The number of aliphatic hydroxyl groups excluding tert-OH is 1. The molecule has 11 heteroatoms. The number of likely N-dealkylation sites (N-methyl/N-ethyl adjacent to an activating group) is 1. The van der Waals surface area contributed by atoms with Crippen LogP contribution in [0.5, 0.6) is 0 Å². The first-order valence-electron chi connectivity index (χ1n) is 18.3. The molecule has 13 atom stereocenters. The number of carbonyl (C=O) groups is 3. The van der Waals surface area contributed by atoms with Crippen LogP contribution in [-0.4, -0.2) is 108 Å². The molecule has 0 bridgehead atoms. The normalized spacial score (nSPS) is 39.6.